The van der Waals surface area contributed by atoms with Crippen molar-refractivity contribution in [2.24, 2.45) is 5.92 Å². The summed E-state index contributed by atoms with van der Waals surface area (Å²) in [5.41, 5.74) is 2.31. The fraction of sp³-hybridized carbons (Fsp3) is 0.400. The number of benzene rings is 1. The van der Waals surface area contributed by atoms with Crippen molar-refractivity contribution in [3.05, 3.63) is 59.5 Å². The van der Waals surface area contributed by atoms with Crippen molar-refractivity contribution in [3.8, 4) is 0 Å². The molecule has 1 unspecified atom stereocenters. The predicted molar refractivity (Wildman–Crippen MR) is 100 cm³/mol. The smallest absolute Gasteiger partial charge is 0.315 e. The number of furan rings is 1. The molecule has 1 aromatic heterocycles. The van der Waals surface area contributed by atoms with Crippen LogP contribution >= 0.6 is 0 Å². The lowest BCUT2D eigenvalue weighted by molar-refractivity contribution is -0.120. The van der Waals surface area contributed by atoms with E-state index in [0.29, 0.717) is 18.2 Å². The number of carbonyl (C=O) groups excluding carboxylic acids is 2. The number of amides is 3. The SMILES string of the molecule is CC(C)Cc1ccc(C(C)NC(=O)NCC(=O)NCc2ccco2)cc1. The van der Waals surface area contributed by atoms with Gasteiger partial charge in [0.1, 0.15) is 5.76 Å². The number of urea groups is 1. The van der Waals surface area contributed by atoms with Gasteiger partial charge in [-0.2, -0.15) is 0 Å². The molecule has 26 heavy (non-hydrogen) atoms. The van der Waals surface area contributed by atoms with Crippen LogP contribution in [0.2, 0.25) is 0 Å². The summed E-state index contributed by atoms with van der Waals surface area (Å²) < 4.78 is 5.13. The molecular formula is C20H27N3O3. The van der Waals surface area contributed by atoms with E-state index in [2.05, 4.69) is 41.9 Å². The summed E-state index contributed by atoms with van der Waals surface area (Å²) in [6, 6.07) is 11.2. The lowest BCUT2D eigenvalue weighted by atomic mass is 10.00. The number of hydrogen-bond donors (Lipinski definition) is 3. The van der Waals surface area contributed by atoms with E-state index in [1.807, 2.05) is 19.1 Å². The van der Waals surface area contributed by atoms with Gasteiger partial charge in [-0.25, -0.2) is 4.79 Å². The summed E-state index contributed by atoms with van der Waals surface area (Å²) in [4.78, 5) is 23.7. The van der Waals surface area contributed by atoms with Crippen molar-refractivity contribution in [1.29, 1.82) is 0 Å². The normalized spacial score (nSPS) is 11.8. The third-order valence-electron chi connectivity index (χ3n) is 3.92. The molecule has 1 atom stereocenters. The van der Waals surface area contributed by atoms with Crippen LogP contribution in [-0.4, -0.2) is 18.5 Å². The number of rotatable bonds is 8. The number of nitrogens with one attached hydrogen (secondary N) is 3. The highest BCUT2D eigenvalue weighted by molar-refractivity contribution is 5.83. The van der Waals surface area contributed by atoms with Crippen molar-refractivity contribution in [2.45, 2.75) is 39.8 Å². The molecule has 2 aromatic rings. The third-order valence-corrected chi connectivity index (χ3v) is 3.92. The van der Waals surface area contributed by atoms with Crippen LogP contribution in [0.4, 0.5) is 4.79 Å². The van der Waals surface area contributed by atoms with E-state index in [1.54, 1.807) is 18.4 Å². The molecule has 140 valence electrons. The Hall–Kier alpha value is -2.76. The van der Waals surface area contributed by atoms with E-state index < -0.39 is 0 Å². The second-order valence-corrected chi connectivity index (χ2v) is 6.74. The van der Waals surface area contributed by atoms with E-state index in [9.17, 15) is 9.59 Å². The van der Waals surface area contributed by atoms with Gasteiger partial charge in [-0.3, -0.25) is 4.79 Å². The van der Waals surface area contributed by atoms with Gasteiger partial charge in [0.05, 0.1) is 25.4 Å². The van der Waals surface area contributed by atoms with E-state index in [1.165, 1.54) is 5.56 Å². The first kappa shape index (κ1) is 19.6. The van der Waals surface area contributed by atoms with Crippen LogP contribution < -0.4 is 16.0 Å². The molecule has 0 saturated carbocycles. The molecule has 6 heteroatoms. The highest BCUT2D eigenvalue weighted by atomic mass is 16.3. The van der Waals surface area contributed by atoms with Crippen LogP contribution in [0.15, 0.2) is 47.1 Å². The maximum Gasteiger partial charge on any atom is 0.315 e. The van der Waals surface area contributed by atoms with Crippen molar-refractivity contribution in [3.63, 3.8) is 0 Å². The molecule has 0 aliphatic rings. The minimum absolute atomic E-state index is 0.0907. The zero-order valence-electron chi connectivity index (χ0n) is 15.5. The summed E-state index contributed by atoms with van der Waals surface area (Å²) in [6.45, 7) is 6.50. The van der Waals surface area contributed by atoms with Crippen LogP contribution in [-0.2, 0) is 17.8 Å². The molecule has 3 N–H and O–H groups in total. The monoisotopic (exact) mass is 357 g/mol. The zero-order valence-corrected chi connectivity index (χ0v) is 15.5. The Kier molecular flexibility index (Phi) is 7.26. The first-order chi connectivity index (χ1) is 12.4. The number of carbonyl (C=O) groups is 2. The van der Waals surface area contributed by atoms with Gasteiger partial charge in [-0.15, -0.1) is 0 Å². The average Bonchev–Trinajstić information content (AvgIpc) is 3.11. The molecule has 0 aliphatic heterocycles. The lowest BCUT2D eigenvalue weighted by Crippen LogP contribution is -2.42. The predicted octanol–water partition coefficient (Wildman–Crippen LogP) is 3.15. The Morgan fingerprint density at radius 3 is 2.38 bits per heavy atom. The highest BCUT2D eigenvalue weighted by Crippen LogP contribution is 2.15. The van der Waals surface area contributed by atoms with Gasteiger partial charge in [0.25, 0.3) is 0 Å². The van der Waals surface area contributed by atoms with Crippen molar-refractivity contribution >= 4 is 11.9 Å². The fourth-order valence-corrected chi connectivity index (χ4v) is 2.57. The topological polar surface area (TPSA) is 83.4 Å². The zero-order chi connectivity index (χ0) is 18.9. The maximum atomic E-state index is 12.0. The standard InChI is InChI=1S/C20H27N3O3/c1-14(2)11-16-6-8-17(9-7-16)15(3)23-20(25)22-13-19(24)21-12-18-5-4-10-26-18/h4-10,14-15H,11-13H2,1-3H3,(H,21,24)(H2,22,23,25). The van der Waals surface area contributed by atoms with Gasteiger partial charge in [0, 0.05) is 0 Å². The summed E-state index contributed by atoms with van der Waals surface area (Å²) >= 11 is 0. The van der Waals surface area contributed by atoms with Crippen LogP contribution in [0.3, 0.4) is 0 Å². The second-order valence-electron chi connectivity index (χ2n) is 6.74. The van der Waals surface area contributed by atoms with Crippen molar-refractivity contribution in [2.75, 3.05) is 6.54 Å². The quantitative estimate of drug-likeness (QED) is 0.679. The fourth-order valence-electron chi connectivity index (χ4n) is 2.57. The summed E-state index contributed by atoms with van der Waals surface area (Å²) in [5, 5.41) is 8.06. The summed E-state index contributed by atoms with van der Waals surface area (Å²) in [6.07, 6.45) is 2.58. The second kappa shape index (κ2) is 9.65. The molecule has 0 fully saturated rings. The Morgan fingerprint density at radius 2 is 1.77 bits per heavy atom. The van der Waals surface area contributed by atoms with Crippen LogP contribution in [0, 0.1) is 5.92 Å². The lowest BCUT2D eigenvalue weighted by Gasteiger charge is -2.16. The Morgan fingerprint density at radius 1 is 1.04 bits per heavy atom. The van der Waals surface area contributed by atoms with Crippen molar-refractivity contribution < 1.29 is 14.0 Å². The van der Waals surface area contributed by atoms with Crippen molar-refractivity contribution in [1.82, 2.24) is 16.0 Å². The first-order valence-corrected chi connectivity index (χ1v) is 8.86. The molecule has 0 bridgehead atoms. The minimum Gasteiger partial charge on any atom is -0.467 e. The molecular weight excluding hydrogens is 330 g/mol. The first-order valence-electron chi connectivity index (χ1n) is 8.86. The van der Waals surface area contributed by atoms with Crippen LogP contribution in [0.1, 0.15) is 43.7 Å². The van der Waals surface area contributed by atoms with Gasteiger partial charge in [0.15, 0.2) is 0 Å². The van der Waals surface area contributed by atoms with Gasteiger partial charge >= 0.3 is 6.03 Å². The Bertz CT molecular complexity index is 694. The van der Waals surface area contributed by atoms with Crippen LogP contribution in [0.5, 0.6) is 0 Å². The van der Waals surface area contributed by atoms with Gasteiger partial charge < -0.3 is 20.4 Å². The van der Waals surface area contributed by atoms with Gasteiger partial charge in [-0.1, -0.05) is 38.1 Å². The highest BCUT2D eigenvalue weighted by Gasteiger charge is 2.11. The van der Waals surface area contributed by atoms with Gasteiger partial charge in [-0.05, 0) is 42.5 Å². The summed E-state index contributed by atoms with van der Waals surface area (Å²) in [7, 11) is 0. The molecule has 0 saturated heterocycles. The maximum absolute atomic E-state index is 12.0. The average molecular weight is 357 g/mol. The number of hydrogen-bond acceptors (Lipinski definition) is 3. The Balaban J connectivity index is 1.71. The molecule has 6 nitrogen and oxygen atoms in total. The minimum atomic E-state index is -0.378. The third kappa shape index (κ3) is 6.63. The molecule has 1 aromatic carbocycles. The molecule has 0 radical (unpaired) electrons. The molecule has 1 heterocycles. The largest absolute Gasteiger partial charge is 0.467 e. The van der Waals surface area contributed by atoms with Gasteiger partial charge in [0.2, 0.25) is 5.91 Å². The molecule has 0 aliphatic carbocycles. The van der Waals surface area contributed by atoms with E-state index in [4.69, 9.17) is 4.42 Å². The molecule has 0 spiro atoms. The van der Waals surface area contributed by atoms with E-state index >= 15 is 0 Å². The Labute approximate surface area is 154 Å². The molecule has 3 amide bonds. The van der Waals surface area contributed by atoms with E-state index in [0.717, 1.165) is 12.0 Å². The summed E-state index contributed by atoms with van der Waals surface area (Å²) in [5.74, 6) is 1.00. The van der Waals surface area contributed by atoms with E-state index in [-0.39, 0.29) is 24.5 Å². The van der Waals surface area contributed by atoms with Crippen LogP contribution in [0.25, 0.3) is 0 Å². The molecule has 2 rings (SSSR count).